The monoisotopic (exact) mass is 418 g/mol. The maximum absolute atomic E-state index is 13.0. The van der Waals surface area contributed by atoms with Crippen molar-refractivity contribution in [1.29, 1.82) is 0 Å². The van der Waals surface area contributed by atoms with Crippen LogP contribution in [-0.4, -0.2) is 76.7 Å². The van der Waals surface area contributed by atoms with Gasteiger partial charge in [-0.3, -0.25) is 19.3 Å². The number of piperazine rings is 1. The van der Waals surface area contributed by atoms with E-state index in [0.717, 1.165) is 30.6 Å². The van der Waals surface area contributed by atoms with Gasteiger partial charge in [0, 0.05) is 26.2 Å². The van der Waals surface area contributed by atoms with Gasteiger partial charge in [-0.25, -0.2) is 4.79 Å². The number of carbonyl (C=O) groups excluding carboxylic acids is 4. The minimum Gasteiger partial charge on any atom is -0.338 e. The summed E-state index contributed by atoms with van der Waals surface area (Å²) >= 11 is 1.41. The summed E-state index contributed by atoms with van der Waals surface area (Å²) in [6, 6.07) is 3.18. The Morgan fingerprint density at radius 3 is 2.28 bits per heavy atom. The molecule has 8 nitrogen and oxygen atoms in total. The standard InChI is InChI=1S/C20H26N4O4S/c25-16(22-9-11-23(12-10-22)17(26)15-6-5-13-29-15)14-24-18(27)20(21-19(24)28)7-3-1-2-4-8-20/h5-6,13H,1-4,7-12,14H2,(H,21,28). The van der Waals surface area contributed by atoms with Crippen molar-refractivity contribution < 1.29 is 19.2 Å². The molecule has 1 spiro atoms. The zero-order valence-corrected chi connectivity index (χ0v) is 17.2. The number of nitrogens with zero attached hydrogens (tertiary/aromatic N) is 3. The summed E-state index contributed by atoms with van der Waals surface area (Å²) < 4.78 is 0. The van der Waals surface area contributed by atoms with Crippen LogP contribution in [0.2, 0.25) is 0 Å². The van der Waals surface area contributed by atoms with E-state index in [4.69, 9.17) is 0 Å². The summed E-state index contributed by atoms with van der Waals surface area (Å²) in [7, 11) is 0. The zero-order chi connectivity index (χ0) is 20.4. The Morgan fingerprint density at radius 2 is 1.66 bits per heavy atom. The second-order valence-electron chi connectivity index (χ2n) is 7.97. The van der Waals surface area contributed by atoms with Gasteiger partial charge in [0.25, 0.3) is 11.8 Å². The molecule has 1 aromatic heterocycles. The molecule has 29 heavy (non-hydrogen) atoms. The van der Waals surface area contributed by atoms with E-state index in [0.29, 0.717) is 43.9 Å². The van der Waals surface area contributed by atoms with Crippen LogP contribution in [-0.2, 0) is 9.59 Å². The molecule has 3 fully saturated rings. The van der Waals surface area contributed by atoms with Gasteiger partial charge in [-0.15, -0.1) is 11.3 Å². The van der Waals surface area contributed by atoms with E-state index < -0.39 is 11.6 Å². The van der Waals surface area contributed by atoms with Crippen LogP contribution in [0.15, 0.2) is 17.5 Å². The molecule has 0 atom stereocenters. The highest BCUT2D eigenvalue weighted by Gasteiger charge is 2.51. The first kappa shape index (κ1) is 19.9. The van der Waals surface area contributed by atoms with E-state index >= 15 is 0 Å². The van der Waals surface area contributed by atoms with E-state index in [1.165, 1.54) is 11.3 Å². The summed E-state index contributed by atoms with van der Waals surface area (Å²) in [5.41, 5.74) is -0.820. The Balaban J connectivity index is 1.33. The molecule has 0 radical (unpaired) electrons. The Labute approximate surface area is 173 Å². The SMILES string of the molecule is O=C(CN1C(=O)NC2(CCCCCC2)C1=O)N1CCN(C(=O)c2cccs2)CC1. The smallest absolute Gasteiger partial charge is 0.325 e. The Kier molecular flexibility index (Phi) is 5.58. The number of hydrogen-bond donors (Lipinski definition) is 1. The topological polar surface area (TPSA) is 90.0 Å². The van der Waals surface area contributed by atoms with Gasteiger partial charge in [-0.1, -0.05) is 31.7 Å². The molecular formula is C20H26N4O4S. The molecule has 5 amide bonds. The molecule has 0 unspecified atom stereocenters. The van der Waals surface area contributed by atoms with E-state index in [9.17, 15) is 19.2 Å². The van der Waals surface area contributed by atoms with Crippen molar-refractivity contribution in [3.05, 3.63) is 22.4 Å². The third-order valence-electron chi connectivity index (χ3n) is 6.15. The van der Waals surface area contributed by atoms with Gasteiger partial charge in [0.05, 0.1) is 4.88 Å². The highest BCUT2D eigenvalue weighted by atomic mass is 32.1. The van der Waals surface area contributed by atoms with Crippen LogP contribution in [0.25, 0.3) is 0 Å². The summed E-state index contributed by atoms with van der Waals surface area (Å²) in [5.74, 6) is -0.525. The third-order valence-corrected chi connectivity index (χ3v) is 7.01. The lowest BCUT2D eigenvalue weighted by atomic mass is 9.90. The molecule has 9 heteroatoms. The number of carbonyl (C=O) groups is 4. The van der Waals surface area contributed by atoms with Gasteiger partial charge in [0.15, 0.2) is 0 Å². The molecule has 3 heterocycles. The van der Waals surface area contributed by atoms with Gasteiger partial charge in [0.1, 0.15) is 12.1 Å². The summed E-state index contributed by atoms with van der Waals surface area (Å²) in [4.78, 5) is 55.7. The molecular weight excluding hydrogens is 392 g/mol. The predicted molar refractivity (Wildman–Crippen MR) is 107 cm³/mol. The number of imide groups is 1. The average molecular weight is 419 g/mol. The Morgan fingerprint density at radius 1 is 1.00 bits per heavy atom. The maximum atomic E-state index is 13.0. The molecule has 0 aromatic carbocycles. The maximum Gasteiger partial charge on any atom is 0.325 e. The number of thiophene rings is 1. The molecule has 156 valence electrons. The first-order chi connectivity index (χ1) is 14.0. The van der Waals surface area contributed by atoms with Crippen molar-refractivity contribution in [3.8, 4) is 0 Å². The second-order valence-corrected chi connectivity index (χ2v) is 8.92. The van der Waals surface area contributed by atoms with Crippen LogP contribution < -0.4 is 5.32 Å². The fourth-order valence-corrected chi connectivity index (χ4v) is 5.13. The van der Waals surface area contributed by atoms with Gasteiger partial charge < -0.3 is 15.1 Å². The van der Waals surface area contributed by atoms with Crippen LogP contribution >= 0.6 is 11.3 Å². The quantitative estimate of drug-likeness (QED) is 0.757. The highest BCUT2D eigenvalue weighted by Crippen LogP contribution is 2.32. The van der Waals surface area contributed by atoms with Crippen molar-refractivity contribution in [2.24, 2.45) is 0 Å². The summed E-state index contributed by atoms with van der Waals surface area (Å²) in [5, 5.41) is 4.74. The fourth-order valence-electron chi connectivity index (χ4n) is 4.44. The number of amides is 5. The second kappa shape index (κ2) is 8.14. The first-order valence-electron chi connectivity index (χ1n) is 10.2. The third kappa shape index (κ3) is 3.88. The van der Waals surface area contributed by atoms with E-state index in [-0.39, 0.29) is 24.3 Å². The van der Waals surface area contributed by atoms with E-state index in [2.05, 4.69) is 5.32 Å². The fraction of sp³-hybridized carbons (Fsp3) is 0.600. The lowest BCUT2D eigenvalue weighted by Crippen LogP contribution is -2.53. The summed E-state index contributed by atoms with van der Waals surface area (Å²) in [6.07, 6.45) is 5.25. The van der Waals surface area contributed by atoms with Crippen molar-refractivity contribution >= 4 is 35.1 Å². The molecule has 2 saturated heterocycles. The van der Waals surface area contributed by atoms with Crippen LogP contribution in [0.4, 0.5) is 4.79 Å². The molecule has 1 N–H and O–H groups in total. The molecule has 3 aliphatic rings. The van der Waals surface area contributed by atoms with Gasteiger partial charge in [-0.05, 0) is 24.3 Å². The van der Waals surface area contributed by atoms with Gasteiger partial charge in [-0.2, -0.15) is 0 Å². The molecule has 0 bridgehead atoms. The van der Waals surface area contributed by atoms with Crippen molar-refractivity contribution in [3.63, 3.8) is 0 Å². The minimum atomic E-state index is -0.820. The van der Waals surface area contributed by atoms with Crippen molar-refractivity contribution in [2.45, 2.75) is 44.1 Å². The summed E-state index contributed by atoms with van der Waals surface area (Å²) in [6.45, 7) is 1.49. The van der Waals surface area contributed by atoms with Crippen LogP contribution in [0, 0.1) is 0 Å². The number of nitrogens with one attached hydrogen (secondary N) is 1. The Hall–Kier alpha value is -2.42. The molecule has 1 saturated carbocycles. The molecule has 2 aliphatic heterocycles. The molecule has 4 rings (SSSR count). The van der Waals surface area contributed by atoms with E-state index in [1.807, 2.05) is 11.4 Å². The van der Waals surface area contributed by atoms with Gasteiger partial charge in [0.2, 0.25) is 5.91 Å². The zero-order valence-electron chi connectivity index (χ0n) is 16.4. The number of urea groups is 1. The van der Waals surface area contributed by atoms with Crippen molar-refractivity contribution in [2.75, 3.05) is 32.7 Å². The number of rotatable bonds is 3. The van der Waals surface area contributed by atoms with E-state index in [1.54, 1.807) is 15.9 Å². The average Bonchev–Trinajstić information content (AvgIpc) is 3.26. The highest BCUT2D eigenvalue weighted by molar-refractivity contribution is 7.12. The predicted octanol–water partition coefficient (Wildman–Crippen LogP) is 1.68. The van der Waals surface area contributed by atoms with Crippen LogP contribution in [0.3, 0.4) is 0 Å². The normalized spacial score (nSPS) is 22.0. The lowest BCUT2D eigenvalue weighted by Gasteiger charge is -2.35. The minimum absolute atomic E-state index is 0.0171. The number of hydrogen-bond acceptors (Lipinski definition) is 5. The van der Waals surface area contributed by atoms with Gasteiger partial charge >= 0.3 is 6.03 Å². The lowest BCUT2D eigenvalue weighted by molar-refractivity contribution is -0.140. The van der Waals surface area contributed by atoms with Crippen LogP contribution in [0.1, 0.15) is 48.2 Å². The van der Waals surface area contributed by atoms with Crippen molar-refractivity contribution in [1.82, 2.24) is 20.0 Å². The first-order valence-corrected chi connectivity index (χ1v) is 11.1. The largest absolute Gasteiger partial charge is 0.338 e. The molecule has 1 aromatic rings. The Bertz CT molecular complexity index is 793. The molecule has 1 aliphatic carbocycles. The van der Waals surface area contributed by atoms with Crippen LogP contribution in [0.5, 0.6) is 0 Å².